The number of benzene rings is 2. The van der Waals surface area contributed by atoms with Gasteiger partial charge in [-0.2, -0.15) is 0 Å². The van der Waals surface area contributed by atoms with E-state index >= 15 is 0 Å². The van der Waals surface area contributed by atoms with E-state index in [9.17, 15) is 5.11 Å². The van der Waals surface area contributed by atoms with Gasteiger partial charge in [-0.1, -0.05) is 29.8 Å². The lowest BCUT2D eigenvalue weighted by Crippen LogP contribution is -2.51. The molecule has 0 saturated carbocycles. The van der Waals surface area contributed by atoms with Gasteiger partial charge in [0.2, 0.25) is 0 Å². The molecule has 0 spiro atoms. The highest BCUT2D eigenvalue weighted by Gasteiger charge is 2.34. The van der Waals surface area contributed by atoms with Gasteiger partial charge >= 0.3 is 0 Å². The van der Waals surface area contributed by atoms with Gasteiger partial charge in [0.25, 0.3) is 0 Å². The van der Waals surface area contributed by atoms with E-state index in [2.05, 4.69) is 22.0 Å². The zero-order valence-electron chi connectivity index (χ0n) is 18.6. The summed E-state index contributed by atoms with van der Waals surface area (Å²) in [6, 6.07) is 13.8. The minimum atomic E-state index is -0.892. The second-order valence-corrected chi connectivity index (χ2v) is 9.06. The van der Waals surface area contributed by atoms with Crippen molar-refractivity contribution in [1.29, 1.82) is 0 Å². The maximum absolute atomic E-state index is 11.1. The van der Waals surface area contributed by atoms with Gasteiger partial charge in [0, 0.05) is 32.5 Å². The number of halogens is 1. The molecule has 0 aliphatic carbocycles. The number of hydrogen-bond acceptors (Lipinski definition) is 5. The molecule has 1 aromatic heterocycles. The Morgan fingerprint density at radius 3 is 2.72 bits per heavy atom. The van der Waals surface area contributed by atoms with Gasteiger partial charge in [0.15, 0.2) is 0 Å². The number of nitrogens with zero attached hydrogens (tertiary/aromatic N) is 3. The fourth-order valence-electron chi connectivity index (χ4n) is 4.02. The first-order valence-electron chi connectivity index (χ1n) is 10.9. The number of imidazole rings is 1. The lowest BCUT2D eigenvalue weighted by Gasteiger charge is -2.39. The highest BCUT2D eigenvalue weighted by atomic mass is 35.5. The second kappa shape index (κ2) is 9.94. The monoisotopic (exact) mass is 455 g/mol. The minimum Gasteiger partial charge on any atom is -0.489 e. The molecule has 1 aliphatic rings. The number of hydrogen-bond donors (Lipinski definition) is 1. The standard InChI is InChI=1S/C25H30ClN3O3/c1-19-4-9-22(26)23(14-19)32-18-25(30)10-3-12-29(17-25)15-20-5-7-21(8-6-20)31-16-24-27-11-13-28(24)2/h4-9,11,13-14,30H,3,10,12,15-18H2,1-2H3/t25-/m1/s1. The van der Waals surface area contributed by atoms with Crippen LogP contribution in [0.15, 0.2) is 54.9 Å². The summed E-state index contributed by atoms with van der Waals surface area (Å²) < 4.78 is 13.7. The normalized spacial score (nSPS) is 19.1. The number of ether oxygens (including phenoxy) is 2. The number of likely N-dealkylation sites (tertiary alicyclic amines) is 1. The van der Waals surface area contributed by atoms with Crippen LogP contribution in [0.25, 0.3) is 0 Å². The van der Waals surface area contributed by atoms with Gasteiger partial charge in [-0.15, -0.1) is 0 Å². The molecule has 0 bridgehead atoms. The summed E-state index contributed by atoms with van der Waals surface area (Å²) in [6.07, 6.45) is 5.31. The Bertz CT molecular complexity index is 1040. The van der Waals surface area contributed by atoms with Crippen LogP contribution in [0.1, 0.15) is 29.8 Å². The largest absolute Gasteiger partial charge is 0.489 e. The summed E-state index contributed by atoms with van der Waals surface area (Å²) in [7, 11) is 1.95. The average Bonchev–Trinajstić information content (AvgIpc) is 3.19. The highest BCUT2D eigenvalue weighted by Crippen LogP contribution is 2.29. The third-order valence-electron chi connectivity index (χ3n) is 5.84. The lowest BCUT2D eigenvalue weighted by molar-refractivity contribution is -0.0620. The van der Waals surface area contributed by atoms with Crippen LogP contribution >= 0.6 is 11.6 Å². The summed E-state index contributed by atoms with van der Waals surface area (Å²) in [4.78, 5) is 6.55. The van der Waals surface area contributed by atoms with Crippen LogP contribution in [0, 0.1) is 6.92 Å². The smallest absolute Gasteiger partial charge is 0.146 e. The van der Waals surface area contributed by atoms with E-state index in [4.69, 9.17) is 21.1 Å². The number of aromatic nitrogens is 2. The van der Waals surface area contributed by atoms with Crippen molar-refractivity contribution in [3.63, 3.8) is 0 Å². The Morgan fingerprint density at radius 2 is 1.97 bits per heavy atom. The van der Waals surface area contributed by atoms with Crippen LogP contribution < -0.4 is 9.47 Å². The molecule has 170 valence electrons. The van der Waals surface area contributed by atoms with E-state index in [-0.39, 0.29) is 6.61 Å². The molecule has 0 amide bonds. The molecule has 4 rings (SSSR count). The van der Waals surface area contributed by atoms with Crippen molar-refractivity contribution < 1.29 is 14.6 Å². The Morgan fingerprint density at radius 1 is 1.16 bits per heavy atom. The Hall–Kier alpha value is -2.54. The van der Waals surface area contributed by atoms with Crippen molar-refractivity contribution >= 4 is 11.6 Å². The van der Waals surface area contributed by atoms with Gasteiger partial charge < -0.3 is 19.1 Å². The van der Waals surface area contributed by atoms with E-state index in [1.165, 1.54) is 5.56 Å². The molecule has 7 heteroatoms. The first-order valence-corrected chi connectivity index (χ1v) is 11.3. The quantitative estimate of drug-likeness (QED) is 0.546. The number of rotatable bonds is 8. The lowest BCUT2D eigenvalue weighted by atomic mass is 9.93. The maximum atomic E-state index is 11.1. The zero-order valence-corrected chi connectivity index (χ0v) is 19.4. The topological polar surface area (TPSA) is 59.8 Å². The zero-order chi connectivity index (χ0) is 22.6. The molecule has 2 aromatic carbocycles. The first kappa shape index (κ1) is 22.6. The van der Waals surface area contributed by atoms with E-state index in [1.807, 2.05) is 55.1 Å². The molecule has 0 radical (unpaired) electrons. The van der Waals surface area contributed by atoms with Crippen LogP contribution in [-0.2, 0) is 20.2 Å². The van der Waals surface area contributed by atoms with Gasteiger partial charge in [0.1, 0.15) is 36.1 Å². The van der Waals surface area contributed by atoms with Gasteiger partial charge in [-0.05, 0) is 61.7 Å². The van der Waals surface area contributed by atoms with E-state index in [0.717, 1.165) is 36.6 Å². The predicted molar refractivity (Wildman–Crippen MR) is 125 cm³/mol. The van der Waals surface area contributed by atoms with Crippen molar-refractivity contribution in [2.75, 3.05) is 19.7 Å². The van der Waals surface area contributed by atoms with Crippen LogP contribution in [-0.4, -0.2) is 44.9 Å². The molecule has 1 aliphatic heterocycles. The van der Waals surface area contributed by atoms with E-state index < -0.39 is 5.60 Å². The van der Waals surface area contributed by atoms with E-state index in [0.29, 0.717) is 30.3 Å². The number of piperidine rings is 1. The first-order chi connectivity index (χ1) is 15.4. The Labute approximate surface area is 194 Å². The van der Waals surface area contributed by atoms with Crippen LogP contribution in [0.3, 0.4) is 0 Å². The summed E-state index contributed by atoms with van der Waals surface area (Å²) in [5.74, 6) is 2.32. The molecular formula is C25H30ClN3O3. The summed E-state index contributed by atoms with van der Waals surface area (Å²) in [6.45, 7) is 4.95. The summed E-state index contributed by atoms with van der Waals surface area (Å²) in [5.41, 5.74) is 1.37. The van der Waals surface area contributed by atoms with Gasteiger partial charge in [-0.25, -0.2) is 4.98 Å². The summed E-state index contributed by atoms with van der Waals surface area (Å²) in [5, 5.41) is 11.7. The third-order valence-corrected chi connectivity index (χ3v) is 6.15. The van der Waals surface area contributed by atoms with Crippen molar-refractivity contribution in [3.05, 3.63) is 76.8 Å². The average molecular weight is 456 g/mol. The van der Waals surface area contributed by atoms with E-state index in [1.54, 1.807) is 6.20 Å². The van der Waals surface area contributed by atoms with Crippen molar-refractivity contribution in [2.45, 2.75) is 38.5 Å². The summed E-state index contributed by atoms with van der Waals surface area (Å²) >= 11 is 6.24. The molecule has 1 N–H and O–H groups in total. The highest BCUT2D eigenvalue weighted by molar-refractivity contribution is 6.32. The number of aliphatic hydroxyl groups is 1. The molecule has 1 fully saturated rings. The van der Waals surface area contributed by atoms with Crippen LogP contribution in [0.4, 0.5) is 0 Å². The maximum Gasteiger partial charge on any atom is 0.146 e. The number of aryl methyl sites for hydroxylation is 2. The Kier molecular flexibility index (Phi) is 7.04. The number of β-amino-alcohol motifs (C(OH)–C–C–N with tert-alkyl or cyclic N) is 1. The minimum absolute atomic E-state index is 0.229. The SMILES string of the molecule is Cc1ccc(Cl)c(OC[C@@]2(O)CCCN(Cc3ccc(OCc4nccn4C)cc3)C2)c1. The molecule has 6 nitrogen and oxygen atoms in total. The Balaban J connectivity index is 1.30. The fraction of sp³-hybridized carbons (Fsp3) is 0.400. The second-order valence-electron chi connectivity index (χ2n) is 8.65. The fourth-order valence-corrected chi connectivity index (χ4v) is 4.20. The molecular weight excluding hydrogens is 426 g/mol. The molecule has 32 heavy (non-hydrogen) atoms. The van der Waals surface area contributed by atoms with Crippen molar-refractivity contribution in [2.24, 2.45) is 7.05 Å². The molecule has 1 atom stereocenters. The molecule has 3 aromatic rings. The predicted octanol–water partition coefficient (Wildman–Crippen LogP) is 4.37. The third kappa shape index (κ3) is 5.82. The molecule has 2 heterocycles. The van der Waals surface area contributed by atoms with Crippen molar-refractivity contribution in [1.82, 2.24) is 14.5 Å². The van der Waals surface area contributed by atoms with Gasteiger partial charge in [0.05, 0.1) is 5.02 Å². The molecule has 0 unspecified atom stereocenters. The van der Waals surface area contributed by atoms with Crippen molar-refractivity contribution in [3.8, 4) is 11.5 Å². The van der Waals surface area contributed by atoms with Gasteiger partial charge in [-0.3, -0.25) is 4.90 Å². The van der Waals surface area contributed by atoms with Crippen LogP contribution in [0.2, 0.25) is 5.02 Å². The van der Waals surface area contributed by atoms with Crippen LogP contribution in [0.5, 0.6) is 11.5 Å². The molecule has 1 saturated heterocycles.